The molecule has 0 bridgehead atoms. The molecule has 0 radical (unpaired) electrons. The van der Waals surface area contributed by atoms with E-state index in [2.05, 4.69) is 0 Å². The van der Waals surface area contributed by atoms with Gasteiger partial charge in [0.05, 0.1) is 10.0 Å². The molecule has 0 aliphatic rings. The Balaban J connectivity index is 2.30. The summed E-state index contributed by atoms with van der Waals surface area (Å²) in [6.45, 7) is 0.507. The molecule has 0 spiro atoms. The summed E-state index contributed by atoms with van der Waals surface area (Å²) < 4.78 is 0. The minimum Gasteiger partial charge on any atom is -0.330 e. The van der Waals surface area contributed by atoms with Crippen LogP contribution in [-0.2, 0) is 6.42 Å². The Morgan fingerprint density at radius 3 is 2.26 bits per heavy atom. The molecule has 0 saturated heterocycles. The van der Waals surface area contributed by atoms with Gasteiger partial charge in [0.25, 0.3) is 0 Å². The molecule has 0 heterocycles. The standard InChI is InChI=1S/C15H14Cl3N/c16-13-6-2-1-5-12(13)11(9-19)8-10-4-3-7-14(17)15(10)18/h1-7,11H,8-9,19H2. The Labute approximate surface area is 128 Å². The van der Waals surface area contributed by atoms with Crippen molar-refractivity contribution in [3.63, 3.8) is 0 Å². The van der Waals surface area contributed by atoms with E-state index in [4.69, 9.17) is 40.5 Å². The number of nitrogens with two attached hydrogens (primary N) is 1. The van der Waals surface area contributed by atoms with Crippen molar-refractivity contribution in [2.45, 2.75) is 12.3 Å². The van der Waals surface area contributed by atoms with E-state index in [1.165, 1.54) is 0 Å². The number of hydrogen-bond donors (Lipinski definition) is 1. The second-order valence-electron chi connectivity index (χ2n) is 4.37. The van der Waals surface area contributed by atoms with Crippen LogP contribution in [0.1, 0.15) is 17.0 Å². The summed E-state index contributed by atoms with van der Waals surface area (Å²) in [6.07, 6.45) is 0.722. The van der Waals surface area contributed by atoms with Crippen LogP contribution >= 0.6 is 34.8 Å². The van der Waals surface area contributed by atoms with Crippen LogP contribution in [0.2, 0.25) is 15.1 Å². The molecule has 2 N–H and O–H groups in total. The van der Waals surface area contributed by atoms with Gasteiger partial charge in [0.1, 0.15) is 0 Å². The van der Waals surface area contributed by atoms with Gasteiger partial charge in [0, 0.05) is 10.9 Å². The first-order chi connectivity index (χ1) is 9.13. The van der Waals surface area contributed by atoms with Crippen LogP contribution in [0.25, 0.3) is 0 Å². The molecule has 1 atom stereocenters. The third-order valence-corrected chi connectivity index (χ3v) is 4.33. The van der Waals surface area contributed by atoms with Crippen molar-refractivity contribution in [1.82, 2.24) is 0 Å². The lowest BCUT2D eigenvalue weighted by Crippen LogP contribution is -2.15. The van der Waals surface area contributed by atoms with Crippen LogP contribution in [0.3, 0.4) is 0 Å². The molecule has 0 aliphatic carbocycles. The molecule has 19 heavy (non-hydrogen) atoms. The fourth-order valence-electron chi connectivity index (χ4n) is 2.10. The molecule has 0 saturated carbocycles. The lowest BCUT2D eigenvalue weighted by Gasteiger charge is -2.17. The van der Waals surface area contributed by atoms with Crippen LogP contribution in [0, 0.1) is 0 Å². The molecule has 2 rings (SSSR count). The first-order valence-corrected chi connectivity index (χ1v) is 7.14. The smallest absolute Gasteiger partial charge is 0.0624 e. The molecule has 2 aromatic rings. The van der Waals surface area contributed by atoms with Gasteiger partial charge >= 0.3 is 0 Å². The monoisotopic (exact) mass is 313 g/mol. The van der Waals surface area contributed by atoms with Gasteiger partial charge in [-0.2, -0.15) is 0 Å². The highest BCUT2D eigenvalue weighted by Crippen LogP contribution is 2.32. The van der Waals surface area contributed by atoms with Gasteiger partial charge in [-0.15, -0.1) is 0 Å². The zero-order chi connectivity index (χ0) is 13.8. The van der Waals surface area contributed by atoms with Crippen molar-refractivity contribution >= 4 is 34.8 Å². The van der Waals surface area contributed by atoms with Gasteiger partial charge in [-0.25, -0.2) is 0 Å². The Hall–Kier alpha value is -0.730. The normalized spacial score (nSPS) is 12.4. The van der Waals surface area contributed by atoms with Gasteiger partial charge in [-0.3, -0.25) is 0 Å². The maximum atomic E-state index is 6.22. The number of hydrogen-bond acceptors (Lipinski definition) is 1. The van der Waals surface area contributed by atoms with E-state index in [0.29, 0.717) is 16.6 Å². The number of benzene rings is 2. The van der Waals surface area contributed by atoms with E-state index in [0.717, 1.165) is 22.6 Å². The molecule has 0 aliphatic heterocycles. The van der Waals surface area contributed by atoms with Crippen LogP contribution in [0.5, 0.6) is 0 Å². The van der Waals surface area contributed by atoms with Crippen molar-refractivity contribution in [2.24, 2.45) is 5.73 Å². The maximum Gasteiger partial charge on any atom is 0.0624 e. The average Bonchev–Trinajstić information content (AvgIpc) is 2.41. The topological polar surface area (TPSA) is 26.0 Å². The minimum atomic E-state index is 0.129. The van der Waals surface area contributed by atoms with Crippen molar-refractivity contribution in [3.05, 3.63) is 68.7 Å². The van der Waals surface area contributed by atoms with Crippen molar-refractivity contribution in [1.29, 1.82) is 0 Å². The molecule has 0 aromatic heterocycles. The van der Waals surface area contributed by atoms with Gasteiger partial charge < -0.3 is 5.73 Å². The highest BCUT2D eigenvalue weighted by molar-refractivity contribution is 6.42. The quantitative estimate of drug-likeness (QED) is 0.850. The largest absolute Gasteiger partial charge is 0.330 e. The summed E-state index contributed by atoms with van der Waals surface area (Å²) in [5.41, 5.74) is 7.91. The van der Waals surface area contributed by atoms with Crippen LogP contribution in [-0.4, -0.2) is 6.54 Å². The highest BCUT2D eigenvalue weighted by Gasteiger charge is 2.16. The first kappa shape index (κ1) is 14.7. The van der Waals surface area contributed by atoms with Crippen LogP contribution < -0.4 is 5.73 Å². The molecule has 100 valence electrons. The van der Waals surface area contributed by atoms with E-state index in [-0.39, 0.29) is 5.92 Å². The van der Waals surface area contributed by atoms with Crippen LogP contribution in [0.15, 0.2) is 42.5 Å². The highest BCUT2D eigenvalue weighted by atomic mass is 35.5. The lowest BCUT2D eigenvalue weighted by molar-refractivity contribution is 0.695. The van der Waals surface area contributed by atoms with E-state index in [1.807, 2.05) is 36.4 Å². The van der Waals surface area contributed by atoms with E-state index in [1.54, 1.807) is 6.07 Å². The predicted octanol–water partition coefficient (Wildman–Crippen LogP) is 4.93. The fraction of sp³-hybridized carbons (Fsp3) is 0.200. The summed E-state index contributed by atoms with van der Waals surface area (Å²) in [6, 6.07) is 13.4. The SMILES string of the molecule is NCC(Cc1cccc(Cl)c1Cl)c1ccccc1Cl. The summed E-state index contributed by atoms with van der Waals surface area (Å²) in [4.78, 5) is 0. The Morgan fingerprint density at radius 2 is 1.58 bits per heavy atom. The summed E-state index contributed by atoms with van der Waals surface area (Å²) in [5, 5.41) is 1.89. The Bertz CT molecular complexity index is 569. The second kappa shape index (κ2) is 6.62. The zero-order valence-corrected chi connectivity index (χ0v) is 12.5. The van der Waals surface area contributed by atoms with Crippen LogP contribution in [0.4, 0.5) is 0 Å². The van der Waals surface area contributed by atoms with Crippen molar-refractivity contribution in [3.8, 4) is 0 Å². The molecular weight excluding hydrogens is 301 g/mol. The van der Waals surface area contributed by atoms with Gasteiger partial charge in [0.2, 0.25) is 0 Å². The first-order valence-electron chi connectivity index (χ1n) is 6.01. The lowest BCUT2D eigenvalue weighted by atomic mass is 9.92. The fourth-order valence-corrected chi connectivity index (χ4v) is 2.79. The Kier molecular flexibility index (Phi) is 5.12. The van der Waals surface area contributed by atoms with E-state index >= 15 is 0 Å². The van der Waals surface area contributed by atoms with Crippen molar-refractivity contribution in [2.75, 3.05) is 6.54 Å². The minimum absolute atomic E-state index is 0.129. The number of rotatable bonds is 4. The molecule has 4 heteroatoms. The van der Waals surface area contributed by atoms with E-state index in [9.17, 15) is 0 Å². The third kappa shape index (κ3) is 3.43. The molecular formula is C15H14Cl3N. The molecule has 1 nitrogen and oxygen atoms in total. The Morgan fingerprint density at radius 1 is 0.895 bits per heavy atom. The number of halogens is 3. The summed E-state index contributed by atoms with van der Waals surface area (Å²) >= 11 is 18.5. The third-order valence-electron chi connectivity index (χ3n) is 3.13. The molecule has 1 unspecified atom stereocenters. The molecule has 0 fully saturated rings. The summed E-state index contributed by atoms with van der Waals surface area (Å²) in [7, 11) is 0. The zero-order valence-electron chi connectivity index (χ0n) is 10.2. The van der Waals surface area contributed by atoms with Gasteiger partial charge in [-0.05, 0) is 36.2 Å². The van der Waals surface area contributed by atoms with E-state index < -0.39 is 0 Å². The molecule has 2 aromatic carbocycles. The van der Waals surface area contributed by atoms with Gasteiger partial charge in [0.15, 0.2) is 0 Å². The average molecular weight is 315 g/mol. The molecule has 0 amide bonds. The predicted molar refractivity (Wildman–Crippen MR) is 83.4 cm³/mol. The maximum absolute atomic E-state index is 6.22. The van der Waals surface area contributed by atoms with Gasteiger partial charge in [-0.1, -0.05) is 65.1 Å². The second-order valence-corrected chi connectivity index (χ2v) is 5.56. The summed E-state index contributed by atoms with van der Waals surface area (Å²) in [5.74, 6) is 0.129. The van der Waals surface area contributed by atoms with Crippen molar-refractivity contribution < 1.29 is 0 Å².